The maximum atomic E-state index is 12.2. The van der Waals surface area contributed by atoms with Crippen molar-refractivity contribution in [3.63, 3.8) is 0 Å². The number of aromatic nitrogens is 2. The van der Waals surface area contributed by atoms with Crippen molar-refractivity contribution < 1.29 is 14.3 Å². The van der Waals surface area contributed by atoms with Gasteiger partial charge in [0.2, 0.25) is 0 Å². The van der Waals surface area contributed by atoms with Crippen LogP contribution in [0.15, 0.2) is 42.7 Å². The molecule has 0 fully saturated rings. The molecule has 1 aromatic carbocycles. The van der Waals surface area contributed by atoms with E-state index in [1.165, 1.54) is 18.4 Å². The highest BCUT2D eigenvalue weighted by atomic mass is 32.1. The summed E-state index contributed by atoms with van der Waals surface area (Å²) >= 11 is 1.50. The Morgan fingerprint density at radius 1 is 1.30 bits per heavy atom. The first-order valence-electron chi connectivity index (χ1n) is 7.01. The molecule has 7 heteroatoms. The third-order valence-electron chi connectivity index (χ3n) is 3.37. The third kappa shape index (κ3) is 3.09. The first kappa shape index (κ1) is 15.2. The number of amides is 1. The monoisotopic (exact) mass is 329 g/mol. The highest BCUT2D eigenvalue weighted by Gasteiger charge is 2.17. The second-order valence-corrected chi connectivity index (χ2v) is 6.00. The van der Waals surface area contributed by atoms with Gasteiger partial charge < -0.3 is 14.6 Å². The van der Waals surface area contributed by atoms with Crippen LogP contribution in [0.3, 0.4) is 0 Å². The second kappa shape index (κ2) is 6.21. The molecule has 1 atom stereocenters. The van der Waals surface area contributed by atoms with E-state index in [0.717, 1.165) is 15.3 Å². The molecule has 0 aliphatic heterocycles. The summed E-state index contributed by atoms with van der Waals surface area (Å²) in [7, 11) is 1.29. The van der Waals surface area contributed by atoms with Crippen LogP contribution in [0.1, 0.15) is 17.3 Å². The highest BCUT2D eigenvalue weighted by molar-refractivity contribution is 7.20. The van der Waals surface area contributed by atoms with E-state index in [0.29, 0.717) is 5.56 Å². The van der Waals surface area contributed by atoms with E-state index in [-0.39, 0.29) is 5.91 Å². The molecule has 1 amide bonds. The highest BCUT2D eigenvalue weighted by Crippen LogP contribution is 2.26. The van der Waals surface area contributed by atoms with Crippen molar-refractivity contribution in [3.05, 3.63) is 48.3 Å². The summed E-state index contributed by atoms with van der Waals surface area (Å²) in [5.41, 5.74) is 1.31. The number of hydrogen-bond donors (Lipinski definition) is 1. The zero-order chi connectivity index (χ0) is 16.4. The summed E-state index contributed by atoms with van der Waals surface area (Å²) in [5.74, 6) is -0.798. The molecule has 1 N–H and O–H groups in total. The number of esters is 1. The minimum atomic E-state index is -0.694. The molecule has 23 heavy (non-hydrogen) atoms. The lowest BCUT2D eigenvalue weighted by Crippen LogP contribution is -2.39. The molecule has 2 heterocycles. The molecular weight excluding hydrogens is 314 g/mol. The molecular formula is C16H15N3O3S. The Kier molecular flexibility index (Phi) is 4.12. The van der Waals surface area contributed by atoms with E-state index in [1.807, 2.05) is 29.1 Å². The lowest BCUT2D eigenvalue weighted by Gasteiger charge is -2.11. The van der Waals surface area contributed by atoms with E-state index in [9.17, 15) is 9.59 Å². The Morgan fingerprint density at radius 3 is 2.74 bits per heavy atom. The van der Waals surface area contributed by atoms with Gasteiger partial charge in [-0.2, -0.15) is 0 Å². The first-order chi connectivity index (χ1) is 11.1. The third-order valence-corrected chi connectivity index (χ3v) is 4.40. The second-order valence-electron chi connectivity index (χ2n) is 4.99. The van der Waals surface area contributed by atoms with Gasteiger partial charge in [0.05, 0.1) is 17.3 Å². The number of benzene rings is 1. The van der Waals surface area contributed by atoms with Crippen LogP contribution in [0.4, 0.5) is 0 Å². The Hall–Kier alpha value is -2.67. The summed E-state index contributed by atoms with van der Waals surface area (Å²) in [6.45, 7) is 1.58. The summed E-state index contributed by atoms with van der Waals surface area (Å²) in [6, 6.07) is 8.44. The van der Waals surface area contributed by atoms with Crippen LogP contribution in [0, 0.1) is 0 Å². The summed E-state index contributed by atoms with van der Waals surface area (Å²) in [6.07, 6.45) is 3.84. The summed E-state index contributed by atoms with van der Waals surface area (Å²) < 4.78 is 7.43. The Morgan fingerprint density at radius 2 is 2.04 bits per heavy atom. The van der Waals surface area contributed by atoms with Gasteiger partial charge in [0.1, 0.15) is 6.04 Å². The van der Waals surface area contributed by atoms with Crippen molar-refractivity contribution in [2.45, 2.75) is 13.0 Å². The zero-order valence-corrected chi connectivity index (χ0v) is 13.5. The molecule has 2 aromatic heterocycles. The number of hydrogen-bond acceptors (Lipinski definition) is 5. The normalized spacial score (nSPS) is 12.1. The van der Waals surface area contributed by atoms with Crippen LogP contribution in [0.5, 0.6) is 0 Å². The van der Waals surface area contributed by atoms with E-state index in [1.54, 1.807) is 25.1 Å². The molecule has 0 saturated heterocycles. The molecule has 6 nitrogen and oxygen atoms in total. The number of nitrogens with one attached hydrogen (secondary N) is 1. The number of methoxy groups -OCH3 is 1. The molecule has 3 aromatic rings. The minimum Gasteiger partial charge on any atom is -0.467 e. The van der Waals surface area contributed by atoms with Crippen LogP contribution in [-0.2, 0) is 9.53 Å². The fourth-order valence-electron chi connectivity index (χ4n) is 2.14. The van der Waals surface area contributed by atoms with E-state index in [4.69, 9.17) is 0 Å². The van der Waals surface area contributed by atoms with Crippen molar-refractivity contribution >= 4 is 33.4 Å². The SMILES string of the molecule is COC(=O)[C@@H](C)NC(=O)c1ccc2nc(-n3cccc3)sc2c1. The van der Waals surface area contributed by atoms with Gasteiger partial charge in [0, 0.05) is 18.0 Å². The fraction of sp³-hybridized carbons (Fsp3) is 0.188. The molecule has 0 spiro atoms. The number of rotatable bonds is 4. The zero-order valence-electron chi connectivity index (χ0n) is 12.6. The smallest absolute Gasteiger partial charge is 0.328 e. The van der Waals surface area contributed by atoms with Gasteiger partial charge in [-0.25, -0.2) is 9.78 Å². The standard InChI is InChI=1S/C16H15N3O3S/c1-10(15(21)22-2)17-14(20)11-5-6-12-13(9-11)23-16(18-12)19-7-3-4-8-19/h3-10H,1-2H3,(H,17,20)/t10-/m1/s1. The molecule has 0 bridgehead atoms. The maximum Gasteiger partial charge on any atom is 0.328 e. The topological polar surface area (TPSA) is 73.2 Å². The predicted octanol–water partition coefficient (Wildman–Crippen LogP) is 2.38. The number of carbonyl (C=O) groups excluding carboxylic acids is 2. The molecule has 3 rings (SSSR count). The Balaban J connectivity index is 1.85. The number of carbonyl (C=O) groups is 2. The van der Waals surface area contributed by atoms with Gasteiger partial charge in [-0.1, -0.05) is 11.3 Å². The average molecular weight is 329 g/mol. The van der Waals surface area contributed by atoms with Gasteiger partial charge in [0.25, 0.3) is 5.91 Å². The van der Waals surface area contributed by atoms with E-state index in [2.05, 4.69) is 15.0 Å². The molecule has 0 aliphatic carbocycles. The van der Waals surface area contributed by atoms with Crippen LogP contribution in [-0.4, -0.2) is 34.6 Å². The van der Waals surface area contributed by atoms with Crippen molar-refractivity contribution in [1.82, 2.24) is 14.9 Å². The van der Waals surface area contributed by atoms with Gasteiger partial charge in [-0.05, 0) is 37.3 Å². The van der Waals surface area contributed by atoms with Crippen molar-refractivity contribution in [2.75, 3.05) is 7.11 Å². The summed E-state index contributed by atoms with van der Waals surface area (Å²) in [4.78, 5) is 28.1. The number of ether oxygens (including phenoxy) is 1. The summed E-state index contributed by atoms with van der Waals surface area (Å²) in [5, 5.41) is 3.45. The number of thiazole rings is 1. The fourth-order valence-corrected chi connectivity index (χ4v) is 3.11. The largest absolute Gasteiger partial charge is 0.467 e. The van der Waals surface area contributed by atoms with Gasteiger partial charge >= 0.3 is 5.97 Å². The predicted molar refractivity (Wildman–Crippen MR) is 87.9 cm³/mol. The van der Waals surface area contributed by atoms with E-state index < -0.39 is 12.0 Å². The molecule has 118 valence electrons. The van der Waals surface area contributed by atoms with E-state index >= 15 is 0 Å². The first-order valence-corrected chi connectivity index (χ1v) is 7.83. The van der Waals surface area contributed by atoms with Crippen molar-refractivity contribution in [3.8, 4) is 5.13 Å². The molecule has 0 radical (unpaired) electrons. The van der Waals surface area contributed by atoms with Gasteiger partial charge in [-0.15, -0.1) is 0 Å². The van der Waals surface area contributed by atoms with Crippen LogP contribution < -0.4 is 5.32 Å². The minimum absolute atomic E-state index is 0.319. The quantitative estimate of drug-likeness (QED) is 0.746. The molecule has 0 aliphatic rings. The molecule has 0 unspecified atom stereocenters. The van der Waals surface area contributed by atoms with Crippen molar-refractivity contribution in [1.29, 1.82) is 0 Å². The maximum absolute atomic E-state index is 12.2. The Labute approximate surface area is 136 Å². The van der Waals surface area contributed by atoms with Crippen molar-refractivity contribution in [2.24, 2.45) is 0 Å². The number of fused-ring (bicyclic) bond motifs is 1. The van der Waals surface area contributed by atoms with Crippen LogP contribution in [0.2, 0.25) is 0 Å². The Bertz CT molecular complexity index is 855. The molecule has 0 saturated carbocycles. The van der Waals surface area contributed by atoms with Crippen LogP contribution in [0.25, 0.3) is 15.3 Å². The van der Waals surface area contributed by atoms with Crippen LogP contribution >= 0.6 is 11.3 Å². The lowest BCUT2D eigenvalue weighted by atomic mass is 10.2. The lowest BCUT2D eigenvalue weighted by molar-refractivity contribution is -0.142. The van der Waals surface area contributed by atoms with Gasteiger partial charge in [0.15, 0.2) is 5.13 Å². The number of nitrogens with zero attached hydrogens (tertiary/aromatic N) is 2. The van der Waals surface area contributed by atoms with Gasteiger partial charge in [-0.3, -0.25) is 4.79 Å². The average Bonchev–Trinajstić information content (AvgIpc) is 3.21.